The van der Waals surface area contributed by atoms with E-state index < -0.39 is 22.0 Å². The van der Waals surface area contributed by atoms with Crippen LogP contribution in [0.2, 0.25) is 4.34 Å². The van der Waals surface area contributed by atoms with Gasteiger partial charge in [0.05, 0.1) is 14.6 Å². The number of allylic oxidation sites excluding steroid dienone is 1. The monoisotopic (exact) mass is 495 g/mol. The number of carbonyl (C=O) groups is 1. The van der Waals surface area contributed by atoms with Gasteiger partial charge in [-0.15, -0.1) is 17.9 Å². The predicted octanol–water partition coefficient (Wildman–Crippen LogP) is 4.50. The van der Waals surface area contributed by atoms with Crippen LogP contribution in [0.15, 0.2) is 46.1 Å². The molecule has 2 aromatic heterocycles. The molecule has 0 aliphatic carbocycles. The lowest BCUT2D eigenvalue weighted by molar-refractivity contribution is -0.121. The van der Waals surface area contributed by atoms with E-state index in [0.717, 1.165) is 32.7 Å². The number of aromatic nitrogens is 1. The molecule has 0 spiro atoms. The molecule has 1 aliphatic heterocycles. The number of hydrogen-bond donors (Lipinski definition) is 0. The van der Waals surface area contributed by atoms with Crippen LogP contribution in [-0.2, 0) is 21.4 Å². The van der Waals surface area contributed by atoms with Gasteiger partial charge < -0.3 is 4.57 Å². The highest BCUT2D eigenvalue weighted by Crippen LogP contribution is 2.32. The van der Waals surface area contributed by atoms with Crippen LogP contribution < -0.4 is 4.80 Å². The van der Waals surface area contributed by atoms with Crippen molar-refractivity contribution in [1.82, 2.24) is 8.87 Å². The van der Waals surface area contributed by atoms with Gasteiger partial charge in [-0.3, -0.25) is 4.79 Å². The van der Waals surface area contributed by atoms with Crippen LogP contribution in [-0.4, -0.2) is 35.8 Å². The summed E-state index contributed by atoms with van der Waals surface area (Å²) >= 11 is 8.36. The maximum atomic E-state index is 13.2. The number of rotatable bonds is 5. The van der Waals surface area contributed by atoms with Crippen molar-refractivity contribution in [3.8, 4) is 0 Å². The van der Waals surface area contributed by atoms with Crippen LogP contribution >= 0.6 is 34.3 Å². The Morgan fingerprint density at radius 2 is 2.10 bits per heavy atom. The van der Waals surface area contributed by atoms with Crippen LogP contribution in [0.1, 0.15) is 24.0 Å². The van der Waals surface area contributed by atoms with E-state index in [1.54, 1.807) is 12.1 Å². The quantitative estimate of drug-likeness (QED) is 0.489. The Kier molecular flexibility index (Phi) is 6.24. The zero-order chi connectivity index (χ0) is 22.3. The summed E-state index contributed by atoms with van der Waals surface area (Å²) in [5.74, 6) is -0.442. The number of fused-ring (bicyclic) bond motifs is 1. The molecule has 0 bridgehead atoms. The Balaban J connectivity index is 1.76. The minimum Gasteiger partial charge on any atom is -0.312 e. The van der Waals surface area contributed by atoms with Crippen molar-refractivity contribution < 1.29 is 13.2 Å². The molecule has 3 aromatic rings. The number of thiazole rings is 1. The number of thiophene rings is 1. The summed E-state index contributed by atoms with van der Waals surface area (Å²) in [5, 5.41) is 0. The molecular weight excluding hydrogens is 474 g/mol. The van der Waals surface area contributed by atoms with Gasteiger partial charge in [-0.05, 0) is 56.0 Å². The van der Waals surface area contributed by atoms with E-state index in [2.05, 4.69) is 23.7 Å². The number of amides is 1. The largest absolute Gasteiger partial charge is 0.312 e. The lowest BCUT2D eigenvalue weighted by Crippen LogP contribution is -2.40. The van der Waals surface area contributed by atoms with E-state index in [4.69, 9.17) is 11.6 Å². The summed E-state index contributed by atoms with van der Waals surface area (Å²) in [6.45, 7) is 8.69. The molecule has 0 radical (unpaired) electrons. The lowest BCUT2D eigenvalue weighted by atomic mass is 10.1. The average Bonchev–Trinajstić information content (AvgIpc) is 3.42. The van der Waals surface area contributed by atoms with Crippen molar-refractivity contribution >= 4 is 60.4 Å². The molecule has 1 aromatic carbocycles. The van der Waals surface area contributed by atoms with Gasteiger partial charge in [0.25, 0.3) is 15.9 Å². The molecule has 31 heavy (non-hydrogen) atoms. The van der Waals surface area contributed by atoms with Gasteiger partial charge in [-0.1, -0.05) is 35.1 Å². The fourth-order valence-corrected chi connectivity index (χ4v) is 8.26. The van der Waals surface area contributed by atoms with Crippen molar-refractivity contribution in [1.29, 1.82) is 0 Å². The highest BCUT2D eigenvalue weighted by molar-refractivity contribution is 7.91. The maximum absolute atomic E-state index is 13.2. The molecule has 1 aliphatic rings. The molecule has 1 saturated heterocycles. The average molecular weight is 496 g/mol. The van der Waals surface area contributed by atoms with E-state index in [0.29, 0.717) is 35.1 Å². The standard InChI is InChI=1S/C21H22ClN3O3S3/c1-4-9-24-16-12-13(2)11-14(3)19(16)30-21(24)23-20(26)15-6-5-10-25(15)31(27,28)18-8-7-17(22)29-18/h4,7-8,11-12,15H,1,5-6,9-10H2,2-3H3. The number of carbonyl (C=O) groups excluding carboxylic acids is 1. The molecule has 0 saturated carbocycles. The minimum absolute atomic E-state index is 0.145. The molecule has 1 atom stereocenters. The highest BCUT2D eigenvalue weighted by atomic mass is 35.5. The summed E-state index contributed by atoms with van der Waals surface area (Å²) in [7, 11) is -3.79. The smallest absolute Gasteiger partial charge is 0.266 e. The van der Waals surface area contributed by atoms with Crippen LogP contribution in [0.4, 0.5) is 0 Å². The Hall–Kier alpha value is -1.78. The summed E-state index contributed by atoms with van der Waals surface area (Å²) in [4.78, 5) is 18.1. The van der Waals surface area contributed by atoms with Gasteiger partial charge in [-0.25, -0.2) is 8.42 Å². The fourth-order valence-electron chi connectivity index (χ4n) is 3.90. The molecule has 3 heterocycles. The van der Waals surface area contributed by atoms with E-state index in [-0.39, 0.29) is 4.21 Å². The van der Waals surface area contributed by atoms with E-state index in [9.17, 15) is 13.2 Å². The van der Waals surface area contributed by atoms with Crippen LogP contribution in [0.25, 0.3) is 10.2 Å². The first-order chi connectivity index (χ1) is 14.7. The lowest BCUT2D eigenvalue weighted by Gasteiger charge is -2.20. The normalized spacial score (nSPS) is 18.2. The minimum atomic E-state index is -3.79. The first kappa shape index (κ1) is 22.4. The number of benzene rings is 1. The van der Waals surface area contributed by atoms with Gasteiger partial charge in [-0.2, -0.15) is 9.30 Å². The van der Waals surface area contributed by atoms with E-state index >= 15 is 0 Å². The van der Waals surface area contributed by atoms with E-state index in [1.807, 2.05) is 18.4 Å². The Labute approximate surface area is 194 Å². The van der Waals surface area contributed by atoms with Crippen LogP contribution in [0.3, 0.4) is 0 Å². The molecule has 10 heteroatoms. The van der Waals surface area contributed by atoms with E-state index in [1.165, 1.54) is 21.7 Å². The molecule has 4 rings (SSSR count). The molecule has 1 amide bonds. The number of aryl methyl sites for hydroxylation is 2. The number of sulfonamides is 1. The summed E-state index contributed by atoms with van der Waals surface area (Å²) in [5.41, 5.74) is 3.24. The molecule has 164 valence electrons. The Morgan fingerprint density at radius 3 is 2.77 bits per heavy atom. The topological polar surface area (TPSA) is 71.7 Å². The molecule has 1 fully saturated rings. The first-order valence-corrected chi connectivity index (χ1v) is 13.2. The summed E-state index contributed by atoms with van der Waals surface area (Å²) < 4.78 is 31.0. The van der Waals surface area contributed by atoms with Gasteiger partial charge >= 0.3 is 0 Å². The Morgan fingerprint density at radius 1 is 1.32 bits per heavy atom. The zero-order valence-electron chi connectivity index (χ0n) is 17.2. The van der Waals surface area contributed by atoms with Gasteiger partial charge in [0, 0.05) is 13.1 Å². The third-order valence-corrected chi connectivity index (χ3v) is 10.1. The Bertz CT molecular complexity index is 1350. The number of hydrogen-bond acceptors (Lipinski definition) is 5. The third kappa shape index (κ3) is 4.17. The maximum Gasteiger partial charge on any atom is 0.266 e. The van der Waals surface area contributed by atoms with Crippen molar-refractivity contribution in [2.24, 2.45) is 4.99 Å². The second kappa shape index (κ2) is 8.63. The van der Waals surface area contributed by atoms with Gasteiger partial charge in [0.15, 0.2) is 4.80 Å². The SMILES string of the molecule is C=CCn1c(=NC(=O)C2CCCN2S(=O)(=O)c2ccc(Cl)s2)sc2c(C)cc(C)cc21. The van der Waals surface area contributed by atoms with Crippen LogP contribution in [0.5, 0.6) is 0 Å². The molecule has 6 nitrogen and oxygen atoms in total. The molecular formula is C21H22ClN3O3S3. The van der Waals surface area contributed by atoms with Gasteiger partial charge in [0.2, 0.25) is 0 Å². The van der Waals surface area contributed by atoms with Crippen molar-refractivity contribution in [2.45, 2.75) is 43.5 Å². The second-order valence-corrected chi connectivity index (χ2v) is 12.3. The fraction of sp³-hybridized carbons (Fsp3) is 0.333. The number of halogens is 1. The van der Waals surface area contributed by atoms with Crippen molar-refractivity contribution in [3.05, 3.63) is 57.2 Å². The summed E-state index contributed by atoms with van der Waals surface area (Å²) in [6, 6.07) is 6.39. The van der Waals surface area contributed by atoms with Crippen LogP contribution in [0, 0.1) is 13.8 Å². The third-order valence-electron chi connectivity index (χ3n) is 5.23. The van der Waals surface area contributed by atoms with Crippen molar-refractivity contribution in [3.63, 3.8) is 0 Å². The predicted molar refractivity (Wildman–Crippen MR) is 126 cm³/mol. The van der Waals surface area contributed by atoms with Gasteiger partial charge in [0.1, 0.15) is 10.3 Å². The molecule has 1 unspecified atom stereocenters. The number of nitrogens with zero attached hydrogens (tertiary/aromatic N) is 3. The molecule has 0 N–H and O–H groups in total. The van der Waals surface area contributed by atoms with Crippen molar-refractivity contribution in [2.75, 3.05) is 6.54 Å². The highest BCUT2D eigenvalue weighted by Gasteiger charge is 2.40. The first-order valence-electron chi connectivity index (χ1n) is 9.79. The summed E-state index contributed by atoms with van der Waals surface area (Å²) in [6.07, 6.45) is 2.83. The zero-order valence-corrected chi connectivity index (χ0v) is 20.4. The second-order valence-electron chi connectivity index (χ2n) is 7.50.